The maximum Gasteiger partial charge on any atom is 0.261 e. The first kappa shape index (κ1) is 26.5. The van der Waals surface area contributed by atoms with Gasteiger partial charge in [0, 0.05) is 23.1 Å². The monoisotopic (exact) mass is 542 g/mol. The number of halogens is 3. The summed E-state index contributed by atoms with van der Waals surface area (Å²) in [4.78, 5) is 27.2. The summed E-state index contributed by atoms with van der Waals surface area (Å²) in [5.41, 5.74) is 1.86. The molecule has 2 aromatic rings. The molecule has 0 fully saturated rings. The fourth-order valence-corrected chi connectivity index (χ4v) is 4.01. The molecule has 1 N–H and O–H groups in total. The zero-order valence-corrected chi connectivity index (χ0v) is 21.9. The van der Waals surface area contributed by atoms with Crippen LogP contribution in [0, 0.1) is 0 Å². The van der Waals surface area contributed by atoms with E-state index in [9.17, 15) is 9.59 Å². The molecule has 8 heteroatoms. The minimum atomic E-state index is -0.698. The Kier molecular flexibility index (Phi) is 10.3. The van der Waals surface area contributed by atoms with Gasteiger partial charge in [-0.25, -0.2) is 0 Å². The van der Waals surface area contributed by atoms with Gasteiger partial charge in [-0.05, 0) is 70.6 Å². The fourth-order valence-electron chi connectivity index (χ4n) is 3.03. The first-order valence-electron chi connectivity index (χ1n) is 10.6. The minimum Gasteiger partial charge on any atom is -0.483 e. The van der Waals surface area contributed by atoms with E-state index in [1.54, 1.807) is 25.1 Å². The minimum absolute atomic E-state index is 0.159. The summed E-state index contributed by atoms with van der Waals surface area (Å²) in [6, 6.07) is 10.2. The largest absolute Gasteiger partial charge is 0.483 e. The summed E-state index contributed by atoms with van der Waals surface area (Å²) in [5, 5.41) is 3.78. The van der Waals surface area contributed by atoms with E-state index < -0.39 is 6.04 Å². The van der Waals surface area contributed by atoms with Crippen molar-refractivity contribution in [3.05, 3.63) is 62.0 Å². The van der Waals surface area contributed by atoms with Crippen molar-refractivity contribution >= 4 is 50.9 Å². The molecule has 0 unspecified atom stereocenters. The molecule has 2 amide bonds. The summed E-state index contributed by atoms with van der Waals surface area (Å²) < 4.78 is 6.56. The highest BCUT2D eigenvalue weighted by atomic mass is 79.9. The molecule has 0 aromatic heterocycles. The van der Waals surface area contributed by atoms with Crippen molar-refractivity contribution in [1.29, 1.82) is 0 Å². The molecule has 32 heavy (non-hydrogen) atoms. The molecule has 2 rings (SSSR count). The molecule has 2 aromatic carbocycles. The second-order valence-electron chi connectivity index (χ2n) is 7.86. The lowest BCUT2D eigenvalue weighted by Gasteiger charge is -2.29. The molecule has 0 aliphatic carbocycles. The van der Waals surface area contributed by atoms with Crippen molar-refractivity contribution in [2.45, 2.75) is 52.6 Å². The van der Waals surface area contributed by atoms with Crippen LogP contribution in [-0.2, 0) is 16.1 Å². The molecule has 1 atom stereocenters. The van der Waals surface area contributed by atoms with Crippen molar-refractivity contribution < 1.29 is 14.3 Å². The highest BCUT2D eigenvalue weighted by molar-refractivity contribution is 9.10. The summed E-state index contributed by atoms with van der Waals surface area (Å²) >= 11 is 15.8. The summed E-state index contributed by atoms with van der Waals surface area (Å²) in [6.45, 7) is 8.37. The Bertz CT molecular complexity index is 953. The van der Waals surface area contributed by atoms with Gasteiger partial charge in [0.1, 0.15) is 11.8 Å². The molecule has 174 valence electrons. The summed E-state index contributed by atoms with van der Waals surface area (Å²) in [7, 11) is 0. The second-order valence-corrected chi connectivity index (χ2v) is 9.56. The molecule has 5 nitrogen and oxygen atoms in total. The van der Waals surface area contributed by atoms with E-state index in [1.807, 2.05) is 25.1 Å². The normalized spacial score (nSPS) is 11.9. The lowest BCUT2D eigenvalue weighted by atomic mass is 10.0. The molecule has 0 spiro atoms. The average molecular weight is 544 g/mol. The number of nitrogens with zero attached hydrogens (tertiary/aromatic N) is 1. The topological polar surface area (TPSA) is 58.6 Å². The van der Waals surface area contributed by atoms with Crippen LogP contribution >= 0.6 is 39.1 Å². The third-order valence-corrected chi connectivity index (χ3v) is 6.25. The Morgan fingerprint density at radius 3 is 2.44 bits per heavy atom. The number of carbonyl (C=O) groups is 2. The smallest absolute Gasteiger partial charge is 0.261 e. The van der Waals surface area contributed by atoms with Gasteiger partial charge in [-0.2, -0.15) is 0 Å². The van der Waals surface area contributed by atoms with Crippen molar-refractivity contribution in [3.8, 4) is 5.75 Å². The van der Waals surface area contributed by atoms with Crippen molar-refractivity contribution in [1.82, 2.24) is 10.2 Å². The molecule has 0 aliphatic rings. The quantitative estimate of drug-likeness (QED) is 0.388. The third kappa shape index (κ3) is 7.39. The predicted molar refractivity (Wildman–Crippen MR) is 134 cm³/mol. The predicted octanol–water partition coefficient (Wildman–Crippen LogP) is 6.20. The maximum absolute atomic E-state index is 13.1. The van der Waals surface area contributed by atoms with Gasteiger partial charge in [-0.3, -0.25) is 9.59 Å². The van der Waals surface area contributed by atoms with Gasteiger partial charge >= 0.3 is 0 Å². The lowest BCUT2D eigenvalue weighted by molar-refractivity contribution is -0.142. The molecule has 0 saturated carbocycles. The Balaban J connectivity index is 2.20. The van der Waals surface area contributed by atoms with Crippen LogP contribution in [0.2, 0.25) is 10.0 Å². The molecule has 0 saturated heterocycles. The van der Waals surface area contributed by atoms with E-state index in [0.29, 0.717) is 33.8 Å². The fraction of sp³-hybridized carbons (Fsp3) is 0.417. The van der Waals surface area contributed by atoms with Crippen molar-refractivity contribution in [2.75, 3.05) is 13.2 Å². The number of rotatable bonds is 10. The summed E-state index contributed by atoms with van der Waals surface area (Å²) in [5.74, 6) is 0.391. The number of carbonyl (C=O) groups excluding carboxylic acids is 2. The van der Waals surface area contributed by atoms with E-state index in [1.165, 1.54) is 4.90 Å². The molecular formula is C24H29BrCl2N2O3. The Morgan fingerprint density at radius 1 is 1.12 bits per heavy atom. The van der Waals surface area contributed by atoms with Gasteiger partial charge in [0.25, 0.3) is 5.91 Å². The van der Waals surface area contributed by atoms with Gasteiger partial charge < -0.3 is 15.0 Å². The van der Waals surface area contributed by atoms with Gasteiger partial charge in [-0.1, -0.05) is 56.1 Å². The zero-order valence-electron chi connectivity index (χ0n) is 18.8. The van der Waals surface area contributed by atoms with Gasteiger partial charge in [0.15, 0.2) is 6.61 Å². The Hall–Kier alpha value is -1.76. The van der Waals surface area contributed by atoms with E-state index in [-0.39, 0.29) is 25.0 Å². The molecule has 0 radical (unpaired) electrons. The van der Waals surface area contributed by atoms with E-state index in [2.05, 4.69) is 35.1 Å². The number of nitrogens with one attached hydrogen (secondary N) is 1. The van der Waals surface area contributed by atoms with Crippen LogP contribution in [0.25, 0.3) is 0 Å². The lowest BCUT2D eigenvalue weighted by Crippen LogP contribution is -2.49. The zero-order chi connectivity index (χ0) is 23.8. The van der Waals surface area contributed by atoms with Crippen molar-refractivity contribution in [3.63, 3.8) is 0 Å². The first-order valence-corrected chi connectivity index (χ1v) is 12.1. The molecule has 0 bridgehead atoms. The number of amides is 2. The first-order chi connectivity index (χ1) is 15.1. The number of benzene rings is 2. The van der Waals surface area contributed by atoms with Crippen LogP contribution in [0.4, 0.5) is 0 Å². The number of hydrogen-bond acceptors (Lipinski definition) is 3. The van der Waals surface area contributed by atoms with Crippen molar-refractivity contribution in [2.24, 2.45) is 0 Å². The third-order valence-electron chi connectivity index (χ3n) is 5.05. The van der Waals surface area contributed by atoms with Crippen LogP contribution in [0.1, 0.15) is 51.2 Å². The SMILES string of the molecule is CCCNC(=O)[C@@H](C)N(Cc1ccc(Cl)cc1Cl)C(=O)COc1ccc(C(C)C)cc1Br. The summed E-state index contributed by atoms with van der Waals surface area (Å²) in [6.07, 6.45) is 0.804. The van der Waals surface area contributed by atoms with Crippen LogP contribution in [-0.4, -0.2) is 35.9 Å². The number of hydrogen-bond donors (Lipinski definition) is 1. The van der Waals surface area contributed by atoms with Crippen LogP contribution in [0.5, 0.6) is 5.75 Å². The second kappa shape index (κ2) is 12.5. The number of ether oxygens (including phenoxy) is 1. The van der Waals surface area contributed by atoms with E-state index in [0.717, 1.165) is 16.5 Å². The highest BCUT2D eigenvalue weighted by Crippen LogP contribution is 2.29. The molecular weight excluding hydrogens is 515 g/mol. The van der Waals surface area contributed by atoms with Gasteiger partial charge in [0.2, 0.25) is 5.91 Å². The Morgan fingerprint density at radius 2 is 1.84 bits per heavy atom. The highest BCUT2D eigenvalue weighted by Gasteiger charge is 2.27. The van der Waals surface area contributed by atoms with Crippen LogP contribution in [0.3, 0.4) is 0 Å². The van der Waals surface area contributed by atoms with E-state index >= 15 is 0 Å². The maximum atomic E-state index is 13.1. The van der Waals surface area contributed by atoms with E-state index in [4.69, 9.17) is 27.9 Å². The van der Waals surface area contributed by atoms with Crippen LogP contribution in [0.15, 0.2) is 40.9 Å². The van der Waals surface area contributed by atoms with Gasteiger partial charge in [0.05, 0.1) is 4.47 Å². The standard InChI is InChI=1S/C24H29BrCl2N2O3/c1-5-10-28-24(31)16(4)29(13-18-6-8-19(26)12-21(18)27)23(30)14-32-22-9-7-17(15(2)3)11-20(22)25/h6-9,11-12,15-16H,5,10,13-14H2,1-4H3,(H,28,31)/t16-/m1/s1. The van der Waals surface area contributed by atoms with Crippen LogP contribution < -0.4 is 10.1 Å². The molecule has 0 heterocycles. The van der Waals surface area contributed by atoms with Gasteiger partial charge in [-0.15, -0.1) is 0 Å². The Labute approximate surface area is 208 Å². The average Bonchev–Trinajstić information content (AvgIpc) is 2.75. The molecule has 0 aliphatic heterocycles.